The van der Waals surface area contributed by atoms with Crippen LogP contribution in [-0.4, -0.2) is 12.4 Å². The van der Waals surface area contributed by atoms with Crippen molar-refractivity contribution in [2.45, 2.75) is 6.92 Å². The second-order valence-corrected chi connectivity index (χ2v) is 5.39. The van der Waals surface area contributed by atoms with Crippen LogP contribution in [-0.2, 0) is 0 Å². The predicted octanol–water partition coefficient (Wildman–Crippen LogP) is 4.11. The van der Waals surface area contributed by atoms with Crippen molar-refractivity contribution in [1.29, 1.82) is 0 Å². The minimum Gasteiger partial charge on any atom is -0.484 e. The number of rotatable bonds is 4. The lowest BCUT2D eigenvalue weighted by Gasteiger charge is -2.06. The SMILES string of the molecule is Cc1ccc(C(=O)COc2ccc(F)cc2Cl)s1. The van der Waals surface area contributed by atoms with Gasteiger partial charge in [-0.3, -0.25) is 4.79 Å². The molecule has 2 rings (SSSR count). The average molecular weight is 285 g/mol. The zero-order valence-corrected chi connectivity index (χ0v) is 11.1. The number of Topliss-reactive ketones (excluding diaryl/α,β-unsaturated/α-hetero) is 1. The van der Waals surface area contributed by atoms with Crippen LogP contribution >= 0.6 is 22.9 Å². The highest BCUT2D eigenvalue weighted by Crippen LogP contribution is 2.25. The van der Waals surface area contributed by atoms with E-state index in [0.29, 0.717) is 10.6 Å². The van der Waals surface area contributed by atoms with Gasteiger partial charge in [0.05, 0.1) is 9.90 Å². The van der Waals surface area contributed by atoms with E-state index in [9.17, 15) is 9.18 Å². The molecule has 0 fully saturated rings. The molecular formula is C13H10ClFO2S. The van der Waals surface area contributed by atoms with Gasteiger partial charge in [-0.25, -0.2) is 4.39 Å². The number of halogens is 2. The Hall–Kier alpha value is -1.39. The van der Waals surface area contributed by atoms with Crippen LogP contribution in [0.5, 0.6) is 5.75 Å². The van der Waals surface area contributed by atoms with E-state index in [4.69, 9.17) is 16.3 Å². The molecule has 0 saturated heterocycles. The summed E-state index contributed by atoms with van der Waals surface area (Å²) in [6.45, 7) is 1.82. The summed E-state index contributed by atoms with van der Waals surface area (Å²) >= 11 is 7.20. The molecule has 0 atom stereocenters. The fourth-order valence-corrected chi connectivity index (χ4v) is 2.40. The summed E-state index contributed by atoms with van der Waals surface area (Å²) in [4.78, 5) is 13.5. The molecule has 18 heavy (non-hydrogen) atoms. The summed E-state index contributed by atoms with van der Waals surface area (Å²) in [7, 11) is 0. The Bertz CT molecular complexity index is 580. The van der Waals surface area contributed by atoms with Crippen LogP contribution in [0, 0.1) is 12.7 Å². The van der Waals surface area contributed by atoms with Crippen LogP contribution < -0.4 is 4.74 Å². The lowest BCUT2D eigenvalue weighted by Crippen LogP contribution is -2.10. The van der Waals surface area contributed by atoms with Gasteiger partial charge in [-0.15, -0.1) is 11.3 Å². The number of benzene rings is 1. The summed E-state index contributed by atoms with van der Waals surface area (Å²) in [6, 6.07) is 7.43. The third-order valence-corrected chi connectivity index (χ3v) is 3.60. The molecule has 94 valence electrons. The quantitative estimate of drug-likeness (QED) is 0.790. The molecule has 1 heterocycles. The fraction of sp³-hybridized carbons (Fsp3) is 0.154. The zero-order valence-electron chi connectivity index (χ0n) is 9.57. The Morgan fingerprint density at radius 1 is 1.39 bits per heavy atom. The predicted molar refractivity (Wildman–Crippen MR) is 70.3 cm³/mol. The van der Waals surface area contributed by atoms with E-state index in [-0.39, 0.29) is 17.4 Å². The molecule has 0 radical (unpaired) electrons. The maximum atomic E-state index is 12.8. The monoisotopic (exact) mass is 284 g/mol. The van der Waals surface area contributed by atoms with E-state index < -0.39 is 5.82 Å². The molecule has 1 aromatic heterocycles. The normalized spacial score (nSPS) is 10.4. The third kappa shape index (κ3) is 3.09. The minimum absolute atomic E-state index is 0.106. The Kier molecular flexibility index (Phi) is 3.99. The largest absolute Gasteiger partial charge is 0.484 e. The molecule has 2 aromatic rings. The lowest BCUT2D eigenvalue weighted by molar-refractivity contribution is 0.0925. The van der Waals surface area contributed by atoms with Gasteiger partial charge in [0.15, 0.2) is 6.61 Å². The molecule has 0 aliphatic carbocycles. The molecule has 0 bridgehead atoms. The maximum Gasteiger partial charge on any atom is 0.210 e. The van der Waals surface area contributed by atoms with E-state index in [1.807, 2.05) is 13.0 Å². The molecule has 1 aromatic carbocycles. The zero-order chi connectivity index (χ0) is 13.1. The summed E-state index contributed by atoms with van der Waals surface area (Å²) in [5, 5.41) is 0.158. The molecule has 5 heteroatoms. The van der Waals surface area contributed by atoms with Gasteiger partial charge in [0.1, 0.15) is 11.6 Å². The van der Waals surface area contributed by atoms with Gasteiger partial charge in [-0.05, 0) is 37.3 Å². The van der Waals surface area contributed by atoms with Gasteiger partial charge in [0, 0.05) is 4.88 Å². The number of hydrogen-bond donors (Lipinski definition) is 0. The Morgan fingerprint density at radius 3 is 2.78 bits per heavy atom. The van der Waals surface area contributed by atoms with Crippen molar-refractivity contribution in [2.75, 3.05) is 6.61 Å². The van der Waals surface area contributed by atoms with Crippen molar-refractivity contribution >= 4 is 28.7 Å². The lowest BCUT2D eigenvalue weighted by atomic mass is 10.3. The number of ketones is 1. The van der Waals surface area contributed by atoms with Gasteiger partial charge in [0.2, 0.25) is 5.78 Å². The van der Waals surface area contributed by atoms with Crippen LogP contribution in [0.1, 0.15) is 14.5 Å². The van der Waals surface area contributed by atoms with E-state index in [1.54, 1.807) is 6.07 Å². The van der Waals surface area contributed by atoms with E-state index >= 15 is 0 Å². The topological polar surface area (TPSA) is 26.3 Å². The third-order valence-electron chi connectivity index (χ3n) is 2.27. The first-order valence-corrected chi connectivity index (χ1v) is 6.43. The van der Waals surface area contributed by atoms with Crippen LogP contribution in [0.2, 0.25) is 5.02 Å². The van der Waals surface area contributed by atoms with Gasteiger partial charge < -0.3 is 4.74 Å². The highest BCUT2D eigenvalue weighted by molar-refractivity contribution is 7.14. The summed E-state index contributed by atoms with van der Waals surface area (Å²) in [5.41, 5.74) is 0. The minimum atomic E-state index is -0.437. The first-order chi connectivity index (χ1) is 8.56. The van der Waals surface area contributed by atoms with Crippen LogP contribution in [0.4, 0.5) is 4.39 Å². The molecule has 0 N–H and O–H groups in total. The van der Waals surface area contributed by atoms with Gasteiger partial charge >= 0.3 is 0 Å². The first kappa shape index (κ1) is 13.1. The van der Waals surface area contributed by atoms with Gasteiger partial charge in [-0.1, -0.05) is 11.6 Å². The molecule has 0 saturated carbocycles. The molecule has 0 aliphatic heterocycles. The van der Waals surface area contributed by atoms with Crippen molar-refractivity contribution < 1.29 is 13.9 Å². The summed E-state index contributed by atoms with van der Waals surface area (Å²) in [6.07, 6.45) is 0. The summed E-state index contributed by atoms with van der Waals surface area (Å²) in [5.74, 6) is -0.249. The number of hydrogen-bond acceptors (Lipinski definition) is 3. The second kappa shape index (κ2) is 5.50. The highest BCUT2D eigenvalue weighted by Gasteiger charge is 2.10. The number of ether oxygens (including phenoxy) is 1. The average Bonchev–Trinajstić information content (AvgIpc) is 2.74. The highest BCUT2D eigenvalue weighted by atomic mass is 35.5. The van der Waals surface area contributed by atoms with Crippen molar-refractivity contribution in [3.8, 4) is 5.75 Å². The van der Waals surface area contributed by atoms with E-state index in [2.05, 4.69) is 0 Å². The van der Waals surface area contributed by atoms with Crippen molar-refractivity contribution in [3.63, 3.8) is 0 Å². The van der Waals surface area contributed by atoms with Crippen LogP contribution in [0.3, 0.4) is 0 Å². The Labute approximate surface area is 113 Å². The molecule has 0 amide bonds. The molecular weight excluding hydrogens is 275 g/mol. The smallest absolute Gasteiger partial charge is 0.210 e. The van der Waals surface area contributed by atoms with Crippen molar-refractivity contribution in [1.82, 2.24) is 0 Å². The van der Waals surface area contributed by atoms with Crippen LogP contribution in [0.25, 0.3) is 0 Å². The molecule has 0 spiro atoms. The molecule has 0 unspecified atom stereocenters. The number of aryl methyl sites for hydroxylation is 1. The molecule has 0 aliphatic rings. The Morgan fingerprint density at radius 2 is 2.17 bits per heavy atom. The fourth-order valence-electron chi connectivity index (χ4n) is 1.39. The van der Waals surface area contributed by atoms with E-state index in [0.717, 1.165) is 10.9 Å². The number of thiophene rings is 1. The number of carbonyl (C=O) groups excluding carboxylic acids is 1. The van der Waals surface area contributed by atoms with Crippen molar-refractivity contribution in [3.05, 3.63) is 50.9 Å². The Balaban J connectivity index is 2.01. The molecule has 2 nitrogen and oxygen atoms in total. The van der Waals surface area contributed by atoms with Crippen LogP contribution in [0.15, 0.2) is 30.3 Å². The first-order valence-electron chi connectivity index (χ1n) is 5.24. The summed E-state index contributed by atoms with van der Waals surface area (Å²) < 4.78 is 18.1. The van der Waals surface area contributed by atoms with Gasteiger partial charge in [0.25, 0.3) is 0 Å². The standard InChI is InChI=1S/C13H10ClFO2S/c1-8-2-5-13(18-8)11(16)7-17-12-4-3-9(15)6-10(12)14/h2-6H,7H2,1H3. The van der Waals surface area contributed by atoms with Crippen molar-refractivity contribution in [2.24, 2.45) is 0 Å². The number of carbonyl (C=O) groups is 1. The van der Waals surface area contributed by atoms with Gasteiger partial charge in [-0.2, -0.15) is 0 Å². The van der Waals surface area contributed by atoms with E-state index in [1.165, 1.54) is 23.5 Å². The maximum absolute atomic E-state index is 12.8. The second-order valence-electron chi connectivity index (χ2n) is 3.70.